The lowest BCUT2D eigenvalue weighted by molar-refractivity contribution is 1.01. The van der Waals surface area contributed by atoms with E-state index in [0.717, 1.165) is 0 Å². The SMILES string of the molecule is C1=CC2=C(CC1)C2. The van der Waals surface area contributed by atoms with Gasteiger partial charge >= 0.3 is 0 Å². The Kier molecular flexibility index (Phi) is 0.498. The van der Waals surface area contributed by atoms with E-state index in [1.54, 1.807) is 11.1 Å². The molecule has 0 saturated carbocycles. The Labute approximate surface area is 43.5 Å². The molecule has 2 rings (SSSR count). The van der Waals surface area contributed by atoms with E-state index in [0.29, 0.717) is 0 Å². The molecule has 0 N–H and O–H groups in total. The molecule has 36 valence electrons. The van der Waals surface area contributed by atoms with E-state index >= 15 is 0 Å². The second kappa shape index (κ2) is 1.00. The topological polar surface area (TPSA) is 0 Å². The Bertz CT molecular complexity index is 149. The minimum absolute atomic E-state index is 1.29. The number of rotatable bonds is 0. The van der Waals surface area contributed by atoms with Crippen molar-refractivity contribution in [2.45, 2.75) is 19.3 Å². The zero-order chi connectivity index (χ0) is 4.69. The van der Waals surface area contributed by atoms with E-state index < -0.39 is 0 Å². The van der Waals surface area contributed by atoms with Crippen molar-refractivity contribution < 1.29 is 0 Å². The van der Waals surface area contributed by atoms with Gasteiger partial charge in [-0.15, -0.1) is 0 Å². The zero-order valence-electron chi connectivity index (χ0n) is 4.28. The lowest BCUT2D eigenvalue weighted by atomic mass is 10.2. The maximum Gasteiger partial charge on any atom is -0.00615 e. The minimum atomic E-state index is 1.29. The van der Waals surface area contributed by atoms with Gasteiger partial charge in [-0.05, 0) is 24.8 Å². The van der Waals surface area contributed by atoms with Gasteiger partial charge in [-0.25, -0.2) is 0 Å². The summed E-state index contributed by atoms with van der Waals surface area (Å²) >= 11 is 0. The van der Waals surface area contributed by atoms with Gasteiger partial charge in [0.05, 0.1) is 0 Å². The second-order valence-electron chi connectivity index (χ2n) is 2.25. The lowest BCUT2D eigenvalue weighted by Crippen LogP contribution is -1.68. The number of hydrogen-bond acceptors (Lipinski definition) is 0. The summed E-state index contributed by atoms with van der Waals surface area (Å²) in [5.41, 5.74) is 3.33. The highest BCUT2D eigenvalue weighted by Crippen LogP contribution is 2.38. The van der Waals surface area contributed by atoms with Crippen LogP contribution in [0.15, 0.2) is 23.3 Å². The largest absolute Gasteiger partial charge is 0.0839 e. The van der Waals surface area contributed by atoms with Crippen LogP contribution in [0.3, 0.4) is 0 Å². The van der Waals surface area contributed by atoms with Gasteiger partial charge < -0.3 is 0 Å². The Morgan fingerprint density at radius 3 is 3.00 bits per heavy atom. The minimum Gasteiger partial charge on any atom is -0.0839 e. The van der Waals surface area contributed by atoms with E-state index in [-0.39, 0.29) is 0 Å². The Balaban J connectivity index is 2.31. The van der Waals surface area contributed by atoms with Crippen molar-refractivity contribution in [1.29, 1.82) is 0 Å². The summed E-state index contributed by atoms with van der Waals surface area (Å²) in [4.78, 5) is 0. The molecular formula is C7H8. The third-order valence-corrected chi connectivity index (χ3v) is 1.66. The first-order valence-electron chi connectivity index (χ1n) is 2.84. The van der Waals surface area contributed by atoms with Crippen LogP contribution in [-0.4, -0.2) is 0 Å². The Morgan fingerprint density at radius 1 is 1.43 bits per heavy atom. The molecule has 7 heavy (non-hydrogen) atoms. The summed E-state index contributed by atoms with van der Waals surface area (Å²) in [5, 5.41) is 0. The van der Waals surface area contributed by atoms with Gasteiger partial charge in [-0.3, -0.25) is 0 Å². The predicted octanol–water partition coefficient (Wildman–Crippen LogP) is 2.04. The fraction of sp³-hybridized carbons (Fsp3) is 0.429. The molecule has 0 heteroatoms. The van der Waals surface area contributed by atoms with Crippen molar-refractivity contribution in [3.63, 3.8) is 0 Å². The summed E-state index contributed by atoms with van der Waals surface area (Å²) in [7, 11) is 0. The maximum absolute atomic E-state index is 2.27. The molecule has 0 nitrogen and oxygen atoms in total. The summed E-state index contributed by atoms with van der Waals surface area (Å²) in [6.07, 6.45) is 8.51. The average Bonchev–Trinajstić information content (AvgIpc) is 2.41. The third kappa shape index (κ3) is 0.426. The van der Waals surface area contributed by atoms with Crippen LogP contribution in [0.4, 0.5) is 0 Å². The zero-order valence-corrected chi connectivity index (χ0v) is 4.28. The first-order chi connectivity index (χ1) is 3.47. The molecule has 0 fully saturated rings. The van der Waals surface area contributed by atoms with Crippen molar-refractivity contribution >= 4 is 0 Å². The first kappa shape index (κ1) is 3.48. The molecule has 0 aliphatic heterocycles. The summed E-state index contributed by atoms with van der Waals surface area (Å²) < 4.78 is 0. The Morgan fingerprint density at radius 2 is 2.43 bits per heavy atom. The summed E-state index contributed by atoms with van der Waals surface area (Å²) in [5.74, 6) is 0. The molecule has 0 unspecified atom stereocenters. The molecule has 0 aromatic heterocycles. The highest BCUT2D eigenvalue weighted by atomic mass is 14.2. The molecule has 0 heterocycles. The second-order valence-corrected chi connectivity index (χ2v) is 2.25. The van der Waals surface area contributed by atoms with E-state index in [2.05, 4.69) is 12.2 Å². The quantitative estimate of drug-likeness (QED) is 0.429. The van der Waals surface area contributed by atoms with Crippen molar-refractivity contribution in [2.75, 3.05) is 0 Å². The summed E-state index contributed by atoms with van der Waals surface area (Å²) in [6.45, 7) is 0. The fourth-order valence-electron chi connectivity index (χ4n) is 1.09. The molecule has 0 aromatic rings. The van der Waals surface area contributed by atoms with Gasteiger partial charge in [0.1, 0.15) is 0 Å². The van der Waals surface area contributed by atoms with Crippen LogP contribution in [0.1, 0.15) is 19.3 Å². The molecule has 0 radical (unpaired) electrons. The van der Waals surface area contributed by atoms with Gasteiger partial charge in [0, 0.05) is 0 Å². The molecule has 0 amide bonds. The molecule has 0 saturated heterocycles. The predicted molar refractivity (Wildman–Crippen MR) is 30.0 cm³/mol. The molecular weight excluding hydrogens is 84.1 g/mol. The monoisotopic (exact) mass is 92.1 g/mol. The average molecular weight is 92.1 g/mol. The lowest BCUT2D eigenvalue weighted by Gasteiger charge is -1.87. The van der Waals surface area contributed by atoms with Gasteiger partial charge in [0.15, 0.2) is 0 Å². The summed E-state index contributed by atoms with van der Waals surface area (Å²) in [6, 6.07) is 0. The van der Waals surface area contributed by atoms with Gasteiger partial charge in [-0.2, -0.15) is 0 Å². The van der Waals surface area contributed by atoms with Crippen molar-refractivity contribution in [3.8, 4) is 0 Å². The maximum atomic E-state index is 2.27. The van der Waals surface area contributed by atoms with E-state index in [9.17, 15) is 0 Å². The van der Waals surface area contributed by atoms with Crippen LogP contribution in [0.2, 0.25) is 0 Å². The molecule has 2 aliphatic rings. The van der Waals surface area contributed by atoms with Crippen molar-refractivity contribution in [1.82, 2.24) is 0 Å². The van der Waals surface area contributed by atoms with Gasteiger partial charge in [0.2, 0.25) is 0 Å². The van der Waals surface area contributed by atoms with Gasteiger partial charge in [-0.1, -0.05) is 17.7 Å². The van der Waals surface area contributed by atoms with Crippen LogP contribution < -0.4 is 0 Å². The van der Waals surface area contributed by atoms with Crippen LogP contribution in [0.5, 0.6) is 0 Å². The van der Waals surface area contributed by atoms with Crippen LogP contribution in [0.25, 0.3) is 0 Å². The number of allylic oxidation sites excluding steroid dienone is 4. The molecule has 2 aliphatic carbocycles. The molecule has 0 bridgehead atoms. The highest BCUT2D eigenvalue weighted by Gasteiger charge is 2.19. The number of hydrogen-bond donors (Lipinski definition) is 0. The van der Waals surface area contributed by atoms with Crippen LogP contribution in [-0.2, 0) is 0 Å². The van der Waals surface area contributed by atoms with E-state index in [4.69, 9.17) is 0 Å². The van der Waals surface area contributed by atoms with Crippen molar-refractivity contribution in [3.05, 3.63) is 23.3 Å². The van der Waals surface area contributed by atoms with Gasteiger partial charge in [0.25, 0.3) is 0 Å². The van der Waals surface area contributed by atoms with E-state index in [1.165, 1.54) is 19.3 Å². The third-order valence-electron chi connectivity index (χ3n) is 1.66. The van der Waals surface area contributed by atoms with E-state index in [1.807, 2.05) is 0 Å². The van der Waals surface area contributed by atoms with Crippen LogP contribution >= 0.6 is 0 Å². The standard InChI is InChI=1S/C7H8/c1-2-4-7-5-6(7)3-1/h1,3H,2,4-5H2. The van der Waals surface area contributed by atoms with Crippen molar-refractivity contribution in [2.24, 2.45) is 0 Å². The molecule has 0 aromatic carbocycles. The molecule has 0 spiro atoms. The highest BCUT2D eigenvalue weighted by molar-refractivity contribution is 5.45. The first-order valence-corrected chi connectivity index (χ1v) is 2.84. The van der Waals surface area contributed by atoms with Crippen LogP contribution in [0, 0.1) is 0 Å². The molecule has 0 atom stereocenters. The normalized spacial score (nSPS) is 25.1. The smallest absolute Gasteiger partial charge is 0.00615 e. The Hall–Kier alpha value is -0.520. The fourth-order valence-corrected chi connectivity index (χ4v) is 1.09.